The van der Waals surface area contributed by atoms with Gasteiger partial charge in [-0.2, -0.15) is 0 Å². The molecule has 0 aliphatic carbocycles. The molecule has 0 radical (unpaired) electrons. The van der Waals surface area contributed by atoms with Crippen molar-refractivity contribution < 1.29 is 0 Å². The molecule has 0 spiro atoms. The van der Waals surface area contributed by atoms with Crippen LogP contribution in [-0.2, 0) is 0 Å². The van der Waals surface area contributed by atoms with Crippen molar-refractivity contribution in [1.82, 2.24) is 34.9 Å². The van der Waals surface area contributed by atoms with Gasteiger partial charge in [0, 0.05) is 64.8 Å². The maximum atomic E-state index is 4.91. The number of rotatable bonds is 3. The molecular formula is C24H17N7. The molecule has 6 aromatic rings. The van der Waals surface area contributed by atoms with Gasteiger partial charge in [0.25, 0.3) is 0 Å². The molecule has 6 aromatic heterocycles. The number of hydrogen-bond acceptors (Lipinski definition) is 5. The smallest absolute Gasteiger partial charge is 0.140 e. The minimum Gasteiger partial charge on any atom is -0.345 e. The van der Waals surface area contributed by atoms with Crippen molar-refractivity contribution in [2.45, 2.75) is 6.92 Å². The van der Waals surface area contributed by atoms with Crippen LogP contribution in [0.25, 0.3) is 55.8 Å². The quantitative estimate of drug-likeness (QED) is 0.437. The van der Waals surface area contributed by atoms with Crippen LogP contribution in [0.1, 0.15) is 5.56 Å². The Morgan fingerprint density at radius 2 is 1.77 bits per heavy atom. The predicted octanol–water partition coefficient (Wildman–Crippen LogP) is 4.93. The summed E-state index contributed by atoms with van der Waals surface area (Å²) < 4.78 is 0. The molecule has 31 heavy (non-hydrogen) atoms. The van der Waals surface area contributed by atoms with Gasteiger partial charge in [0.05, 0.1) is 17.4 Å². The normalized spacial score (nSPS) is 11.4. The third-order valence-electron chi connectivity index (χ3n) is 5.47. The molecule has 7 nitrogen and oxygen atoms in total. The van der Waals surface area contributed by atoms with Crippen LogP contribution < -0.4 is 0 Å². The molecule has 2 N–H and O–H groups in total. The first-order valence-electron chi connectivity index (χ1n) is 9.91. The predicted molar refractivity (Wildman–Crippen MR) is 120 cm³/mol. The van der Waals surface area contributed by atoms with Gasteiger partial charge in [-0.25, -0.2) is 9.97 Å². The Balaban J connectivity index is 1.52. The van der Waals surface area contributed by atoms with Gasteiger partial charge < -0.3 is 9.97 Å². The SMILES string of the molecule is Cc1ccncc1-c1cnc2[nH]cc(-c3nc4c(-c5ccccn5)cncc4[nH]3)c2c1. The van der Waals surface area contributed by atoms with Crippen molar-refractivity contribution in [2.24, 2.45) is 0 Å². The first-order valence-corrected chi connectivity index (χ1v) is 9.91. The number of imidazole rings is 1. The zero-order valence-corrected chi connectivity index (χ0v) is 16.7. The molecule has 0 aliphatic heterocycles. The van der Waals surface area contributed by atoms with Gasteiger partial charge in [0.2, 0.25) is 0 Å². The number of nitrogens with one attached hydrogen (secondary N) is 2. The lowest BCUT2D eigenvalue weighted by molar-refractivity contribution is 1.27. The fraction of sp³-hybridized carbons (Fsp3) is 0.0417. The maximum absolute atomic E-state index is 4.91. The van der Waals surface area contributed by atoms with E-state index in [-0.39, 0.29) is 0 Å². The Morgan fingerprint density at radius 1 is 0.839 bits per heavy atom. The molecule has 0 fully saturated rings. The van der Waals surface area contributed by atoms with Crippen LogP contribution >= 0.6 is 0 Å². The lowest BCUT2D eigenvalue weighted by atomic mass is 10.0. The van der Waals surface area contributed by atoms with E-state index in [1.54, 1.807) is 24.8 Å². The number of fused-ring (bicyclic) bond motifs is 2. The molecule has 0 amide bonds. The third-order valence-corrected chi connectivity index (χ3v) is 5.47. The molecule has 0 atom stereocenters. The van der Waals surface area contributed by atoms with Crippen LogP contribution in [0.2, 0.25) is 0 Å². The molecule has 148 valence electrons. The van der Waals surface area contributed by atoms with Crippen LogP contribution in [0.5, 0.6) is 0 Å². The largest absolute Gasteiger partial charge is 0.345 e. The molecule has 6 rings (SSSR count). The minimum atomic E-state index is 0.758. The first kappa shape index (κ1) is 17.5. The summed E-state index contributed by atoms with van der Waals surface area (Å²) in [5.74, 6) is 0.758. The van der Waals surface area contributed by atoms with E-state index in [1.165, 1.54) is 0 Å². The zero-order chi connectivity index (χ0) is 20.8. The third kappa shape index (κ3) is 2.86. The summed E-state index contributed by atoms with van der Waals surface area (Å²) >= 11 is 0. The molecule has 0 saturated carbocycles. The Kier molecular flexibility index (Phi) is 3.86. The fourth-order valence-electron chi connectivity index (χ4n) is 3.88. The number of pyridine rings is 4. The van der Waals surface area contributed by atoms with Gasteiger partial charge in [-0.3, -0.25) is 15.0 Å². The maximum Gasteiger partial charge on any atom is 0.140 e. The second-order valence-electron chi connectivity index (χ2n) is 7.40. The second-order valence-corrected chi connectivity index (χ2v) is 7.40. The number of aromatic nitrogens is 7. The van der Waals surface area contributed by atoms with Gasteiger partial charge in [0.15, 0.2) is 0 Å². The lowest BCUT2D eigenvalue weighted by Crippen LogP contribution is -1.87. The van der Waals surface area contributed by atoms with E-state index in [1.807, 2.05) is 42.9 Å². The highest BCUT2D eigenvalue weighted by molar-refractivity contribution is 5.98. The van der Waals surface area contributed by atoms with Crippen molar-refractivity contribution in [1.29, 1.82) is 0 Å². The van der Waals surface area contributed by atoms with Crippen LogP contribution in [0.15, 0.2) is 73.7 Å². The highest BCUT2D eigenvalue weighted by Gasteiger charge is 2.16. The summed E-state index contributed by atoms with van der Waals surface area (Å²) in [6, 6.07) is 9.95. The number of H-pyrrole nitrogens is 2. The summed E-state index contributed by atoms with van der Waals surface area (Å²) in [7, 11) is 0. The minimum absolute atomic E-state index is 0.758. The molecule has 0 aromatic carbocycles. The van der Waals surface area contributed by atoms with Crippen LogP contribution in [0.3, 0.4) is 0 Å². The molecular weight excluding hydrogens is 386 g/mol. The van der Waals surface area contributed by atoms with Gasteiger partial charge in [-0.15, -0.1) is 0 Å². The van der Waals surface area contributed by atoms with E-state index in [4.69, 9.17) is 4.98 Å². The molecule has 7 heteroatoms. The van der Waals surface area contributed by atoms with Crippen molar-refractivity contribution >= 4 is 22.1 Å². The molecule has 0 bridgehead atoms. The first-order chi connectivity index (χ1) is 15.3. The lowest BCUT2D eigenvalue weighted by Gasteiger charge is -2.05. The Morgan fingerprint density at radius 3 is 2.65 bits per heavy atom. The highest BCUT2D eigenvalue weighted by atomic mass is 15.0. The zero-order valence-electron chi connectivity index (χ0n) is 16.7. The van der Waals surface area contributed by atoms with E-state index < -0.39 is 0 Å². The average molecular weight is 403 g/mol. The standard InChI is InChI=1S/C24H17N7/c1-14-5-7-25-10-17(14)15-8-16-18(12-29-23(16)28-9-15)24-30-21-13-26-11-19(22(21)31-24)20-4-2-3-6-27-20/h2-13H,1H3,(H,28,29)(H,30,31). The van der Waals surface area contributed by atoms with Gasteiger partial charge in [-0.1, -0.05) is 6.07 Å². The van der Waals surface area contributed by atoms with Gasteiger partial charge in [0.1, 0.15) is 17.0 Å². The van der Waals surface area contributed by atoms with E-state index in [2.05, 4.69) is 42.9 Å². The van der Waals surface area contributed by atoms with Crippen LogP contribution in [-0.4, -0.2) is 34.9 Å². The number of aryl methyl sites for hydroxylation is 1. The summed E-state index contributed by atoms with van der Waals surface area (Å²) in [6.45, 7) is 2.07. The van der Waals surface area contributed by atoms with E-state index in [9.17, 15) is 0 Å². The van der Waals surface area contributed by atoms with Crippen LogP contribution in [0, 0.1) is 6.92 Å². The number of aromatic amines is 2. The second kappa shape index (κ2) is 6.84. The highest BCUT2D eigenvalue weighted by Crippen LogP contribution is 2.33. The van der Waals surface area contributed by atoms with Crippen molar-refractivity contribution in [3.63, 3.8) is 0 Å². The van der Waals surface area contributed by atoms with Crippen LogP contribution in [0.4, 0.5) is 0 Å². The average Bonchev–Trinajstić information content (AvgIpc) is 3.43. The molecule has 6 heterocycles. The topological polar surface area (TPSA) is 96.0 Å². The van der Waals surface area contributed by atoms with Crippen molar-refractivity contribution in [2.75, 3.05) is 0 Å². The number of nitrogens with zero attached hydrogens (tertiary/aromatic N) is 5. The summed E-state index contributed by atoms with van der Waals surface area (Å²) in [6.07, 6.45) is 12.8. The van der Waals surface area contributed by atoms with Gasteiger partial charge >= 0.3 is 0 Å². The summed E-state index contributed by atoms with van der Waals surface area (Å²) in [4.78, 5) is 29.3. The molecule has 0 aliphatic rings. The van der Waals surface area contributed by atoms with E-state index >= 15 is 0 Å². The Labute approximate surface area is 177 Å². The van der Waals surface area contributed by atoms with E-state index in [0.29, 0.717) is 0 Å². The van der Waals surface area contributed by atoms with Gasteiger partial charge in [-0.05, 0) is 36.8 Å². The molecule has 0 saturated heterocycles. The summed E-state index contributed by atoms with van der Waals surface area (Å²) in [5, 5.41) is 0.993. The Bertz CT molecular complexity index is 1550. The van der Waals surface area contributed by atoms with Crippen molar-refractivity contribution in [3.05, 3.63) is 79.3 Å². The molecule has 0 unspecified atom stereocenters. The monoisotopic (exact) mass is 403 g/mol. The summed E-state index contributed by atoms with van der Waals surface area (Å²) in [5.41, 5.74) is 8.44. The fourth-order valence-corrected chi connectivity index (χ4v) is 3.88. The van der Waals surface area contributed by atoms with Crippen molar-refractivity contribution in [3.8, 4) is 33.8 Å². The number of hydrogen-bond donors (Lipinski definition) is 2. The van der Waals surface area contributed by atoms with E-state index in [0.717, 1.165) is 61.4 Å². The Hall–Kier alpha value is -4.39.